The van der Waals surface area contributed by atoms with Crippen LogP contribution in [-0.4, -0.2) is 75.3 Å². The maximum Gasteiger partial charge on any atom is 0.251 e. The van der Waals surface area contributed by atoms with Crippen LogP contribution >= 0.6 is 0 Å². The molecule has 30 heavy (non-hydrogen) atoms. The molecular formula is C21H25NO8. The number of ether oxygens (including phenoxy) is 2. The van der Waals surface area contributed by atoms with Gasteiger partial charge in [-0.3, -0.25) is 4.79 Å². The number of aliphatic hydroxyl groups is 4. The van der Waals surface area contributed by atoms with E-state index >= 15 is 0 Å². The fraction of sp³-hybridized carbons (Fsp3) is 0.381. The Bertz CT molecular complexity index is 831. The van der Waals surface area contributed by atoms with Gasteiger partial charge in [-0.1, -0.05) is 36.4 Å². The Hall–Kier alpha value is -2.53. The molecule has 0 aliphatic carbocycles. The number of phenols is 1. The Labute approximate surface area is 173 Å². The molecule has 1 saturated heterocycles. The van der Waals surface area contributed by atoms with Crippen molar-refractivity contribution < 1.29 is 39.8 Å². The maximum atomic E-state index is 12.4. The predicted octanol–water partition coefficient (Wildman–Crippen LogP) is -0.320. The second kappa shape index (κ2) is 9.98. The van der Waals surface area contributed by atoms with E-state index in [4.69, 9.17) is 9.47 Å². The molecule has 0 aromatic heterocycles. The lowest BCUT2D eigenvalue weighted by molar-refractivity contribution is -0.311. The van der Waals surface area contributed by atoms with Crippen LogP contribution in [0.4, 0.5) is 0 Å². The normalized spacial score (nSPS) is 27.4. The Morgan fingerprint density at radius 3 is 2.43 bits per heavy atom. The molecule has 1 amide bonds. The van der Waals surface area contributed by atoms with Crippen LogP contribution in [0.1, 0.15) is 22.0 Å². The fourth-order valence-electron chi connectivity index (χ4n) is 3.19. The van der Waals surface area contributed by atoms with Gasteiger partial charge in [0.25, 0.3) is 5.91 Å². The summed E-state index contributed by atoms with van der Waals surface area (Å²) in [6.45, 7) is -0.581. The summed E-state index contributed by atoms with van der Waals surface area (Å²) >= 11 is 0. The summed E-state index contributed by atoms with van der Waals surface area (Å²) < 4.78 is 11.2. The number of nitrogens with one attached hydrogen (secondary N) is 1. The van der Waals surface area contributed by atoms with Crippen molar-refractivity contribution in [3.63, 3.8) is 0 Å². The van der Waals surface area contributed by atoms with E-state index in [1.165, 1.54) is 12.1 Å². The molecular weight excluding hydrogens is 394 g/mol. The van der Waals surface area contributed by atoms with Crippen molar-refractivity contribution in [1.82, 2.24) is 5.32 Å². The number of benzene rings is 2. The number of rotatable bonds is 7. The highest BCUT2D eigenvalue weighted by Gasteiger charge is 2.44. The fourth-order valence-corrected chi connectivity index (χ4v) is 3.19. The Morgan fingerprint density at radius 2 is 1.77 bits per heavy atom. The van der Waals surface area contributed by atoms with E-state index in [0.29, 0.717) is 5.56 Å². The number of phenolic OH excluding ortho intramolecular Hbond substituents is 1. The molecule has 3 rings (SSSR count). The van der Waals surface area contributed by atoms with Crippen molar-refractivity contribution in [2.24, 2.45) is 0 Å². The van der Waals surface area contributed by atoms with Crippen LogP contribution in [-0.2, 0) is 9.47 Å². The quantitative estimate of drug-likeness (QED) is 0.358. The number of amides is 1. The first kappa shape index (κ1) is 22.2. The average Bonchev–Trinajstić information content (AvgIpc) is 2.76. The number of hydrogen-bond donors (Lipinski definition) is 6. The average molecular weight is 419 g/mol. The van der Waals surface area contributed by atoms with Crippen molar-refractivity contribution in [2.45, 2.75) is 36.8 Å². The summed E-state index contributed by atoms with van der Waals surface area (Å²) in [4.78, 5) is 12.4. The molecule has 6 N–H and O–H groups in total. The molecule has 1 heterocycles. The summed E-state index contributed by atoms with van der Waals surface area (Å²) in [5, 5.41) is 51.7. The van der Waals surface area contributed by atoms with Gasteiger partial charge in [-0.05, 0) is 23.8 Å². The maximum absolute atomic E-state index is 12.4. The lowest BCUT2D eigenvalue weighted by Crippen LogP contribution is -2.59. The minimum Gasteiger partial charge on any atom is -0.508 e. The van der Waals surface area contributed by atoms with Gasteiger partial charge < -0.3 is 40.3 Å². The van der Waals surface area contributed by atoms with Crippen molar-refractivity contribution in [3.05, 3.63) is 65.7 Å². The number of carbonyl (C=O) groups excluding carboxylic acids is 1. The summed E-state index contributed by atoms with van der Waals surface area (Å²) in [5.41, 5.74) is 0.931. The molecule has 162 valence electrons. The lowest BCUT2D eigenvalue weighted by atomic mass is 9.99. The highest BCUT2D eigenvalue weighted by molar-refractivity contribution is 5.94. The van der Waals surface area contributed by atoms with Crippen LogP contribution < -0.4 is 5.32 Å². The standard InChI is InChI=1S/C21H25NO8/c23-11-16-17(25)18(26)19(27)21(30-16)29-15(12-5-2-1-3-6-12)10-22-20(28)13-7-4-8-14(24)9-13/h1-9,15-19,21,23-27H,10-11H2,(H,22,28)/t15-,16-,17-,18+,19-,21-/m1/s1. The zero-order valence-corrected chi connectivity index (χ0v) is 16.0. The Kier molecular flexibility index (Phi) is 7.38. The summed E-state index contributed by atoms with van der Waals surface area (Å²) in [6.07, 6.45) is -7.84. The molecule has 0 radical (unpaired) electrons. The zero-order valence-electron chi connectivity index (χ0n) is 16.0. The first-order chi connectivity index (χ1) is 14.4. The van der Waals surface area contributed by atoms with Crippen LogP contribution in [0.15, 0.2) is 54.6 Å². The molecule has 0 saturated carbocycles. The van der Waals surface area contributed by atoms with Gasteiger partial charge in [-0.25, -0.2) is 0 Å². The number of aliphatic hydroxyl groups excluding tert-OH is 4. The summed E-state index contributed by atoms with van der Waals surface area (Å²) in [6, 6.07) is 14.7. The predicted molar refractivity (Wildman–Crippen MR) is 104 cm³/mol. The molecule has 0 bridgehead atoms. The monoisotopic (exact) mass is 419 g/mol. The number of aromatic hydroxyl groups is 1. The Morgan fingerprint density at radius 1 is 1.03 bits per heavy atom. The Balaban J connectivity index is 1.74. The van der Waals surface area contributed by atoms with Gasteiger partial charge >= 0.3 is 0 Å². The van der Waals surface area contributed by atoms with Crippen LogP contribution in [0.3, 0.4) is 0 Å². The highest BCUT2D eigenvalue weighted by Crippen LogP contribution is 2.27. The minimum atomic E-state index is -1.57. The summed E-state index contributed by atoms with van der Waals surface area (Å²) in [7, 11) is 0. The molecule has 1 aliphatic heterocycles. The van der Waals surface area contributed by atoms with Crippen molar-refractivity contribution >= 4 is 5.91 Å². The highest BCUT2D eigenvalue weighted by atomic mass is 16.7. The third kappa shape index (κ3) is 5.14. The molecule has 2 aromatic rings. The van der Waals surface area contributed by atoms with Gasteiger partial charge in [0, 0.05) is 12.1 Å². The van der Waals surface area contributed by atoms with E-state index in [1.54, 1.807) is 42.5 Å². The van der Waals surface area contributed by atoms with E-state index in [-0.39, 0.29) is 17.9 Å². The third-order valence-electron chi connectivity index (χ3n) is 4.87. The van der Waals surface area contributed by atoms with E-state index in [0.717, 1.165) is 0 Å². The SMILES string of the molecule is O=C(NC[C@@H](O[C@@H]1O[C@H](CO)[C@@H](O)[C@H](O)[C@H]1O)c1ccccc1)c1cccc(O)c1. The molecule has 9 nitrogen and oxygen atoms in total. The van der Waals surface area contributed by atoms with E-state index in [2.05, 4.69) is 5.32 Å². The molecule has 0 unspecified atom stereocenters. The lowest BCUT2D eigenvalue weighted by Gasteiger charge is -2.40. The smallest absolute Gasteiger partial charge is 0.251 e. The topological polar surface area (TPSA) is 149 Å². The summed E-state index contributed by atoms with van der Waals surface area (Å²) in [5.74, 6) is -0.482. The second-order valence-corrected chi connectivity index (χ2v) is 6.99. The van der Waals surface area contributed by atoms with E-state index in [1.807, 2.05) is 0 Å². The van der Waals surface area contributed by atoms with Gasteiger partial charge in [0.1, 0.15) is 36.3 Å². The van der Waals surface area contributed by atoms with Crippen molar-refractivity contribution in [2.75, 3.05) is 13.2 Å². The van der Waals surface area contributed by atoms with Crippen LogP contribution in [0.2, 0.25) is 0 Å². The molecule has 0 spiro atoms. The van der Waals surface area contributed by atoms with Crippen molar-refractivity contribution in [3.8, 4) is 5.75 Å². The zero-order chi connectivity index (χ0) is 21.7. The van der Waals surface area contributed by atoms with E-state index in [9.17, 15) is 30.3 Å². The van der Waals surface area contributed by atoms with E-state index < -0.39 is 49.3 Å². The molecule has 2 aromatic carbocycles. The number of hydrogen-bond acceptors (Lipinski definition) is 8. The largest absolute Gasteiger partial charge is 0.508 e. The van der Waals surface area contributed by atoms with Crippen molar-refractivity contribution in [1.29, 1.82) is 0 Å². The van der Waals surface area contributed by atoms with Gasteiger partial charge in [-0.2, -0.15) is 0 Å². The molecule has 6 atom stereocenters. The van der Waals surface area contributed by atoms with Gasteiger partial charge in [-0.15, -0.1) is 0 Å². The number of carbonyl (C=O) groups is 1. The van der Waals surface area contributed by atoms with Gasteiger partial charge in [0.15, 0.2) is 6.29 Å². The first-order valence-corrected chi connectivity index (χ1v) is 9.49. The van der Waals surface area contributed by atoms with Crippen LogP contribution in [0, 0.1) is 0 Å². The van der Waals surface area contributed by atoms with Gasteiger partial charge in [0.05, 0.1) is 6.61 Å². The molecule has 1 aliphatic rings. The minimum absolute atomic E-state index is 0.00643. The second-order valence-electron chi connectivity index (χ2n) is 6.99. The van der Waals surface area contributed by atoms with Crippen LogP contribution in [0.5, 0.6) is 5.75 Å². The van der Waals surface area contributed by atoms with Crippen LogP contribution in [0.25, 0.3) is 0 Å². The van der Waals surface area contributed by atoms with Gasteiger partial charge in [0.2, 0.25) is 0 Å². The third-order valence-corrected chi connectivity index (χ3v) is 4.87. The molecule has 1 fully saturated rings. The first-order valence-electron chi connectivity index (χ1n) is 9.49. The molecule has 9 heteroatoms.